The Hall–Kier alpha value is -2.02. The van der Waals surface area contributed by atoms with Crippen LogP contribution in [-0.2, 0) is 4.79 Å². The number of nitrogens with one attached hydrogen (secondary N) is 1. The largest absolute Gasteiger partial charge is 0.479 e. The Morgan fingerprint density at radius 1 is 1.42 bits per heavy atom. The third-order valence-corrected chi connectivity index (χ3v) is 2.14. The van der Waals surface area contributed by atoms with Gasteiger partial charge in [0.2, 0.25) is 5.91 Å². The molecule has 0 radical (unpaired) electrons. The number of aromatic nitrogens is 1. The lowest BCUT2D eigenvalue weighted by Gasteiger charge is -2.16. The first-order valence-electron chi connectivity index (χ1n) is 6.23. The van der Waals surface area contributed by atoms with Crippen LogP contribution in [0.1, 0.15) is 27.2 Å². The van der Waals surface area contributed by atoms with Gasteiger partial charge in [-0.25, -0.2) is 0 Å². The molecule has 4 nitrogen and oxygen atoms in total. The summed E-state index contributed by atoms with van der Waals surface area (Å²) in [7, 11) is 0. The Morgan fingerprint density at radius 3 is 2.84 bits per heavy atom. The van der Waals surface area contributed by atoms with Crippen LogP contribution in [0.5, 0.6) is 5.75 Å². The molecule has 0 fully saturated rings. The summed E-state index contributed by atoms with van der Waals surface area (Å²) in [5, 5.41) is 2.76. The highest BCUT2D eigenvalue weighted by Crippen LogP contribution is 2.17. The molecule has 19 heavy (non-hydrogen) atoms. The molecule has 1 aromatic heterocycles. The van der Waals surface area contributed by atoms with Gasteiger partial charge in [-0.2, -0.15) is 0 Å². The number of nitrogens with zero attached hydrogens (tertiary/aromatic N) is 1. The van der Waals surface area contributed by atoms with Crippen LogP contribution in [-0.4, -0.2) is 24.0 Å². The lowest BCUT2D eigenvalue weighted by Crippen LogP contribution is -2.27. The van der Waals surface area contributed by atoms with E-state index >= 15 is 0 Å². The first kappa shape index (κ1) is 15.0. The van der Waals surface area contributed by atoms with Crippen LogP contribution in [0.25, 0.3) is 0 Å². The van der Waals surface area contributed by atoms with E-state index in [2.05, 4.69) is 22.1 Å². The van der Waals surface area contributed by atoms with Gasteiger partial charge in [0.1, 0.15) is 12.4 Å². The molecule has 1 rings (SSSR count). The average molecular weight is 260 g/mol. The summed E-state index contributed by atoms with van der Waals surface area (Å²) < 4.78 is 5.34. The van der Waals surface area contributed by atoms with Crippen molar-refractivity contribution in [2.24, 2.45) is 5.41 Å². The van der Waals surface area contributed by atoms with Crippen LogP contribution in [0.4, 0.5) is 0 Å². The van der Waals surface area contributed by atoms with E-state index in [0.29, 0.717) is 25.3 Å². The number of hydrogen-bond acceptors (Lipinski definition) is 3. The number of amides is 1. The second-order valence-electron chi connectivity index (χ2n) is 5.35. The minimum atomic E-state index is 0.000925. The lowest BCUT2D eigenvalue weighted by atomic mass is 9.92. The van der Waals surface area contributed by atoms with Gasteiger partial charge in [-0.05, 0) is 17.5 Å². The van der Waals surface area contributed by atoms with Crippen molar-refractivity contribution in [3.05, 3.63) is 24.5 Å². The highest BCUT2D eigenvalue weighted by Gasteiger charge is 2.14. The first-order chi connectivity index (χ1) is 8.97. The highest BCUT2D eigenvalue weighted by molar-refractivity contribution is 5.76. The fourth-order valence-electron chi connectivity index (χ4n) is 1.35. The molecule has 1 N–H and O–H groups in total. The van der Waals surface area contributed by atoms with Gasteiger partial charge in [0, 0.05) is 12.6 Å². The molecule has 0 spiro atoms. The molecule has 102 valence electrons. The Morgan fingerprint density at radius 2 is 2.21 bits per heavy atom. The second-order valence-corrected chi connectivity index (χ2v) is 5.35. The Bertz CT molecular complexity index is 453. The van der Waals surface area contributed by atoms with E-state index in [-0.39, 0.29) is 11.3 Å². The number of rotatable bonds is 4. The number of hydrogen-bond donors (Lipinski definition) is 1. The van der Waals surface area contributed by atoms with E-state index in [1.165, 1.54) is 0 Å². The predicted octanol–water partition coefficient (Wildman–Crippen LogP) is 2.02. The number of carbonyl (C=O) groups excluding carboxylic acids is 1. The van der Waals surface area contributed by atoms with Crippen molar-refractivity contribution in [3.63, 3.8) is 0 Å². The quantitative estimate of drug-likeness (QED) is 0.843. The molecule has 0 atom stereocenters. The Balaban J connectivity index is 2.17. The molecule has 0 aliphatic carbocycles. The second kappa shape index (κ2) is 7.42. The summed E-state index contributed by atoms with van der Waals surface area (Å²) in [5.41, 5.74) is 0.000925. The van der Waals surface area contributed by atoms with Crippen molar-refractivity contribution in [3.8, 4) is 17.6 Å². The van der Waals surface area contributed by atoms with Gasteiger partial charge >= 0.3 is 0 Å². The molecular formula is C15H20N2O2. The molecule has 0 bridgehead atoms. The highest BCUT2D eigenvalue weighted by atomic mass is 16.5. The van der Waals surface area contributed by atoms with Gasteiger partial charge in [0.15, 0.2) is 0 Å². The van der Waals surface area contributed by atoms with Crippen LogP contribution in [0, 0.1) is 17.3 Å². The number of pyridine rings is 1. The maximum absolute atomic E-state index is 11.5. The fourth-order valence-corrected chi connectivity index (χ4v) is 1.35. The molecule has 1 amide bonds. The summed E-state index contributed by atoms with van der Waals surface area (Å²) in [5.74, 6) is 6.39. The van der Waals surface area contributed by atoms with Gasteiger partial charge in [-0.3, -0.25) is 9.78 Å². The normalized spacial score (nSPS) is 10.3. The number of ether oxygens (including phenoxy) is 1. The van der Waals surface area contributed by atoms with Crippen molar-refractivity contribution in [2.75, 3.05) is 13.2 Å². The number of carbonyl (C=O) groups is 1. The Kier molecular flexibility index (Phi) is 5.87. The van der Waals surface area contributed by atoms with Crippen molar-refractivity contribution in [1.82, 2.24) is 10.3 Å². The van der Waals surface area contributed by atoms with Crippen molar-refractivity contribution in [1.29, 1.82) is 0 Å². The molecule has 1 heterocycles. The van der Waals surface area contributed by atoms with Crippen LogP contribution >= 0.6 is 0 Å². The van der Waals surface area contributed by atoms with Gasteiger partial charge in [0.05, 0.1) is 12.7 Å². The maximum atomic E-state index is 11.5. The molecule has 0 saturated heterocycles. The van der Waals surface area contributed by atoms with E-state index < -0.39 is 0 Å². The standard InChI is InChI=1S/C15H20N2O2/c1-15(2,3)11-14(18)17-9-4-5-10-19-13-7-6-8-16-12-13/h6-8,12H,9-11H2,1-3H3,(H,17,18). The van der Waals surface area contributed by atoms with Gasteiger partial charge in [-0.1, -0.05) is 32.6 Å². The summed E-state index contributed by atoms with van der Waals surface area (Å²) >= 11 is 0. The molecule has 0 aliphatic rings. The summed E-state index contributed by atoms with van der Waals surface area (Å²) in [6, 6.07) is 3.62. The van der Waals surface area contributed by atoms with Crippen molar-refractivity contribution >= 4 is 5.91 Å². The topological polar surface area (TPSA) is 51.2 Å². The van der Waals surface area contributed by atoms with E-state index in [1.54, 1.807) is 18.5 Å². The van der Waals surface area contributed by atoms with Crippen LogP contribution in [0.3, 0.4) is 0 Å². The monoisotopic (exact) mass is 260 g/mol. The predicted molar refractivity (Wildman–Crippen MR) is 74.6 cm³/mol. The SMILES string of the molecule is CC(C)(C)CC(=O)NCC#CCOc1cccnc1. The van der Waals surface area contributed by atoms with E-state index in [0.717, 1.165) is 0 Å². The fraction of sp³-hybridized carbons (Fsp3) is 0.467. The summed E-state index contributed by atoms with van der Waals surface area (Å²) in [4.78, 5) is 15.4. The molecule has 0 unspecified atom stereocenters. The summed E-state index contributed by atoms with van der Waals surface area (Å²) in [6.45, 7) is 6.73. The van der Waals surface area contributed by atoms with E-state index in [9.17, 15) is 4.79 Å². The van der Waals surface area contributed by atoms with Gasteiger partial charge in [-0.15, -0.1) is 0 Å². The minimum Gasteiger partial charge on any atom is -0.479 e. The van der Waals surface area contributed by atoms with E-state index in [1.807, 2.05) is 26.8 Å². The molecule has 0 aromatic carbocycles. The molecule has 0 saturated carbocycles. The van der Waals surface area contributed by atoms with Crippen LogP contribution in [0.15, 0.2) is 24.5 Å². The summed E-state index contributed by atoms with van der Waals surface area (Å²) in [6.07, 6.45) is 3.82. The van der Waals surface area contributed by atoms with Crippen LogP contribution < -0.4 is 10.1 Å². The lowest BCUT2D eigenvalue weighted by molar-refractivity contribution is -0.122. The van der Waals surface area contributed by atoms with Crippen molar-refractivity contribution in [2.45, 2.75) is 27.2 Å². The third-order valence-electron chi connectivity index (χ3n) is 2.14. The minimum absolute atomic E-state index is 0.000925. The molecule has 4 heteroatoms. The first-order valence-corrected chi connectivity index (χ1v) is 6.23. The molecule has 1 aromatic rings. The van der Waals surface area contributed by atoms with Gasteiger partial charge < -0.3 is 10.1 Å². The average Bonchev–Trinajstić information content (AvgIpc) is 2.32. The zero-order valence-corrected chi connectivity index (χ0v) is 11.7. The van der Waals surface area contributed by atoms with Crippen LogP contribution in [0.2, 0.25) is 0 Å². The smallest absolute Gasteiger partial charge is 0.221 e. The van der Waals surface area contributed by atoms with Gasteiger partial charge in [0.25, 0.3) is 0 Å². The maximum Gasteiger partial charge on any atom is 0.221 e. The third kappa shape index (κ3) is 7.82. The van der Waals surface area contributed by atoms with E-state index in [4.69, 9.17) is 4.74 Å². The van der Waals surface area contributed by atoms with Crippen molar-refractivity contribution < 1.29 is 9.53 Å². The molecular weight excluding hydrogens is 240 g/mol. The molecule has 0 aliphatic heterocycles. The Labute approximate surface area is 114 Å². The zero-order valence-electron chi connectivity index (χ0n) is 11.7. The zero-order chi connectivity index (χ0) is 14.1.